The number of amides is 1. The first kappa shape index (κ1) is 20.1. The molecule has 2 saturated heterocycles. The van der Waals surface area contributed by atoms with E-state index in [1.165, 1.54) is 11.3 Å². The quantitative estimate of drug-likeness (QED) is 0.622. The van der Waals surface area contributed by atoms with Crippen molar-refractivity contribution in [2.24, 2.45) is 0 Å². The van der Waals surface area contributed by atoms with Crippen LogP contribution in [0.2, 0.25) is 0 Å². The average Bonchev–Trinajstić information content (AvgIpc) is 3.23. The van der Waals surface area contributed by atoms with Gasteiger partial charge >= 0.3 is 0 Å². The SMILES string of the molecule is Cc1cc(N2CCN(C)CC2)nc(N2CCN(C(=O)c3nc4ccccc4s3)CC2)n1. The zero-order chi connectivity index (χ0) is 21.4. The molecule has 0 N–H and O–H groups in total. The van der Waals surface area contributed by atoms with Crippen LogP contribution in [0.25, 0.3) is 10.2 Å². The van der Waals surface area contributed by atoms with Gasteiger partial charge in [-0.2, -0.15) is 4.98 Å². The van der Waals surface area contributed by atoms with Crippen molar-refractivity contribution in [3.8, 4) is 0 Å². The fraction of sp³-hybridized carbons (Fsp3) is 0.455. The maximum absolute atomic E-state index is 13.0. The van der Waals surface area contributed by atoms with E-state index in [9.17, 15) is 4.79 Å². The number of likely N-dealkylation sites (N-methyl/N-ethyl adjacent to an activating group) is 1. The van der Waals surface area contributed by atoms with Gasteiger partial charge in [0, 0.05) is 64.1 Å². The lowest BCUT2D eigenvalue weighted by molar-refractivity contribution is 0.0746. The number of rotatable bonds is 3. The van der Waals surface area contributed by atoms with Crippen LogP contribution in [0.4, 0.5) is 11.8 Å². The molecule has 2 fully saturated rings. The van der Waals surface area contributed by atoms with E-state index in [2.05, 4.69) is 37.8 Å². The Labute approximate surface area is 186 Å². The third-order valence-corrected chi connectivity index (χ3v) is 7.01. The second kappa shape index (κ2) is 8.39. The van der Waals surface area contributed by atoms with E-state index in [0.29, 0.717) is 18.1 Å². The van der Waals surface area contributed by atoms with Gasteiger partial charge in [-0.05, 0) is 26.1 Å². The number of fused-ring (bicyclic) bond motifs is 1. The van der Waals surface area contributed by atoms with Gasteiger partial charge in [-0.3, -0.25) is 4.79 Å². The van der Waals surface area contributed by atoms with Crippen molar-refractivity contribution in [3.63, 3.8) is 0 Å². The Hall–Kier alpha value is -2.78. The number of nitrogens with zero attached hydrogens (tertiary/aromatic N) is 7. The summed E-state index contributed by atoms with van der Waals surface area (Å²) in [6.45, 7) is 8.83. The number of anilines is 2. The molecule has 0 spiro atoms. The number of carbonyl (C=O) groups is 1. The minimum Gasteiger partial charge on any atom is -0.354 e. The number of carbonyl (C=O) groups excluding carboxylic acids is 1. The molecule has 8 nitrogen and oxygen atoms in total. The average molecular weight is 438 g/mol. The van der Waals surface area contributed by atoms with Gasteiger partial charge in [0.1, 0.15) is 5.82 Å². The van der Waals surface area contributed by atoms with Crippen molar-refractivity contribution >= 4 is 39.2 Å². The highest BCUT2D eigenvalue weighted by molar-refractivity contribution is 7.20. The van der Waals surface area contributed by atoms with Crippen LogP contribution in [0.3, 0.4) is 0 Å². The molecule has 162 valence electrons. The summed E-state index contributed by atoms with van der Waals surface area (Å²) in [6, 6.07) is 9.96. The fourth-order valence-corrected chi connectivity index (χ4v) is 5.02. The maximum Gasteiger partial charge on any atom is 0.282 e. The highest BCUT2D eigenvalue weighted by atomic mass is 32.1. The van der Waals surface area contributed by atoms with Crippen molar-refractivity contribution in [2.75, 3.05) is 69.2 Å². The molecule has 1 amide bonds. The van der Waals surface area contributed by atoms with E-state index < -0.39 is 0 Å². The summed E-state index contributed by atoms with van der Waals surface area (Å²) in [5.41, 5.74) is 1.87. The molecular weight excluding hydrogens is 410 g/mol. The fourth-order valence-electron chi connectivity index (χ4n) is 4.08. The van der Waals surface area contributed by atoms with Gasteiger partial charge in [-0.1, -0.05) is 12.1 Å². The minimum absolute atomic E-state index is 0.0177. The maximum atomic E-state index is 13.0. The van der Waals surface area contributed by atoms with E-state index in [0.717, 1.165) is 66.9 Å². The Morgan fingerprint density at radius 1 is 0.903 bits per heavy atom. The van der Waals surface area contributed by atoms with Crippen molar-refractivity contribution in [2.45, 2.75) is 6.92 Å². The second-order valence-corrected chi connectivity index (χ2v) is 9.25. The zero-order valence-electron chi connectivity index (χ0n) is 18.0. The Balaban J connectivity index is 1.26. The van der Waals surface area contributed by atoms with Gasteiger partial charge in [0.25, 0.3) is 5.91 Å². The summed E-state index contributed by atoms with van der Waals surface area (Å²) in [6.07, 6.45) is 0. The summed E-state index contributed by atoms with van der Waals surface area (Å²) in [5.74, 6) is 1.79. The van der Waals surface area contributed by atoms with Crippen molar-refractivity contribution in [3.05, 3.63) is 41.0 Å². The Bertz CT molecular complexity index is 1050. The molecule has 4 heterocycles. The van der Waals surface area contributed by atoms with Crippen molar-refractivity contribution < 1.29 is 4.79 Å². The number of hydrogen-bond acceptors (Lipinski definition) is 8. The van der Waals surface area contributed by atoms with Gasteiger partial charge < -0.3 is 19.6 Å². The summed E-state index contributed by atoms with van der Waals surface area (Å²) in [7, 11) is 2.16. The molecule has 2 aliphatic rings. The molecular formula is C22H27N7OS. The number of para-hydroxylation sites is 1. The van der Waals surface area contributed by atoms with Crippen LogP contribution in [0.1, 0.15) is 15.5 Å². The van der Waals surface area contributed by atoms with Crippen LogP contribution in [0, 0.1) is 6.92 Å². The minimum atomic E-state index is 0.0177. The Kier molecular flexibility index (Phi) is 5.45. The predicted molar refractivity (Wildman–Crippen MR) is 124 cm³/mol. The molecule has 0 bridgehead atoms. The molecule has 31 heavy (non-hydrogen) atoms. The monoisotopic (exact) mass is 437 g/mol. The Morgan fingerprint density at radius 3 is 2.35 bits per heavy atom. The predicted octanol–water partition coefficient (Wildman–Crippen LogP) is 2.11. The summed E-state index contributed by atoms with van der Waals surface area (Å²) < 4.78 is 1.05. The summed E-state index contributed by atoms with van der Waals surface area (Å²) >= 11 is 1.47. The van der Waals surface area contributed by atoms with Crippen LogP contribution in [-0.2, 0) is 0 Å². The molecule has 5 rings (SSSR count). The van der Waals surface area contributed by atoms with Crippen LogP contribution in [-0.4, -0.2) is 90.1 Å². The van der Waals surface area contributed by atoms with Crippen molar-refractivity contribution in [1.29, 1.82) is 0 Å². The number of piperazine rings is 2. The molecule has 0 aliphatic carbocycles. The molecule has 2 aliphatic heterocycles. The van der Waals surface area contributed by atoms with Gasteiger partial charge in [-0.15, -0.1) is 11.3 Å². The normalized spacial score (nSPS) is 18.1. The molecule has 0 radical (unpaired) electrons. The summed E-state index contributed by atoms with van der Waals surface area (Å²) in [5, 5.41) is 0.568. The molecule has 2 aromatic heterocycles. The van der Waals surface area contributed by atoms with Crippen LogP contribution in [0.15, 0.2) is 30.3 Å². The van der Waals surface area contributed by atoms with Gasteiger partial charge in [0.15, 0.2) is 5.01 Å². The second-order valence-electron chi connectivity index (χ2n) is 8.22. The van der Waals surface area contributed by atoms with Gasteiger partial charge in [0.05, 0.1) is 10.2 Å². The lowest BCUT2D eigenvalue weighted by Crippen LogP contribution is -2.49. The van der Waals surface area contributed by atoms with Gasteiger partial charge in [-0.25, -0.2) is 9.97 Å². The van der Waals surface area contributed by atoms with E-state index in [4.69, 9.17) is 4.98 Å². The molecule has 9 heteroatoms. The largest absolute Gasteiger partial charge is 0.354 e. The number of benzene rings is 1. The van der Waals surface area contributed by atoms with Gasteiger partial charge in [0.2, 0.25) is 5.95 Å². The zero-order valence-corrected chi connectivity index (χ0v) is 18.8. The number of thiazole rings is 1. The highest BCUT2D eigenvalue weighted by Crippen LogP contribution is 2.24. The third-order valence-electron chi connectivity index (χ3n) is 5.98. The lowest BCUT2D eigenvalue weighted by atomic mass is 10.3. The smallest absolute Gasteiger partial charge is 0.282 e. The number of aryl methyl sites for hydroxylation is 1. The first-order valence-electron chi connectivity index (χ1n) is 10.8. The van der Waals surface area contributed by atoms with E-state index in [1.54, 1.807) is 0 Å². The number of hydrogen-bond donors (Lipinski definition) is 0. The Morgan fingerprint density at radius 2 is 1.61 bits per heavy atom. The molecule has 0 unspecified atom stereocenters. The third kappa shape index (κ3) is 4.20. The van der Waals surface area contributed by atoms with Crippen LogP contribution < -0.4 is 9.80 Å². The summed E-state index contributed by atoms with van der Waals surface area (Å²) in [4.78, 5) is 35.8. The van der Waals surface area contributed by atoms with Crippen molar-refractivity contribution in [1.82, 2.24) is 24.8 Å². The topological polar surface area (TPSA) is 68.7 Å². The molecule has 0 saturated carbocycles. The standard InChI is InChI=1S/C22H27N7OS/c1-16-15-19(27-9-7-26(2)8-10-27)25-22(23-16)29-13-11-28(12-14-29)21(30)20-24-17-5-3-4-6-18(17)31-20/h3-6,15H,7-14H2,1-2H3. The first-order chi connectivity index (χ1) is 15.1. The molecule has 3 aromatic rings. The first-order valence-corrected chi connectivity index (χ1v) is 11.6. The van der Waals surface area contributed by atoms with E-state index in [-0.39, 0.29) is 5.91 Å². The lowest BCUT2D eigenvalue weighted by Gasteiger charge is -2.36. The number of aromatic nitrogens is 3. The molecule has 1 aromatic carbocycles. The molecule has 0 atom stereocenters. The van der Waals surface area contributed by atoms with Crippen LogP contribution in [0.5, 0.6) is 0 Å². The van der Waals surface area contributed by atoms with E-state index in [1.807, 2.05) is 36.1 Å². The van der Waals surface area contributed by atoms with E-state index >= 15 is 0 Å². The van der Waals surface area contributed by atoms with Crippen LogP contribution >= 0.6 is 11.3 Å². The highest BCUT2D eigenvalue weighted by Gasteiger charge is 2.26.